The Bertz CT molecular complexity index is 459. The van der Waals surface area contributed by atoms with E-state index >= 15 is 0 Å². The molecule has 0 aromatic heterocycles. The number of hydrogen-bond acceptors (Lipinski definition) is 2. The molecule has 0 radical (unpaired) electrons. The van der Waals surface area contributed by atoms with Crippen molar-refractivity contribution in [3.8, 4) is 0 Å². The molecule has 1 aliphatic heterocycles. The molecule has 2 unspecified atom stereocenters. The van der Waals surface area contributed by atoms with Gasteiger partial charge in [0.2, 0.25) is 0 Å². The molecule has 0 N–H and O–H groups in total. The van der Waals surface area contributed by atoms with Crippen molar-refractivity contribution in [1.29, 1.82) is 0 Å². The van der Waals surface area contributed by atoms with Gasteiger partial charge in [-0.1, -0.05) is 23.7 Å². The fourth-order valence-corrected chi connectivity index (χ4v) is 3.43. The van der Waals surface area contributed by atoms with Gasteiger partial charge in [-0.2, -0.15) is 0 Å². The summed E-state index contributed by atoms with van der Waals surface area (Å²) in [6.45, 7) is 1.87. The first-order valence-corrected chi connectivity index (χ1v) is 5.98. The minimum atomic E-state index is -0.250. The van der Waals surface area contributed by atoms with Gasteiger partial charge in [0, 0.05) is 24.5 Å². The van der Waals surface area contributed by atoms with Crippen LogP contribution in [-0.2, 0) is 10.2 Å². The molecule has 3 heteroatoms. The van der Waals surface area contributed by atoms with Gasteiger partial charge in [0.15, 0.2) is 0 Å². The largest absolute Gasteiger partial charge is 0.305 e. The monoisotopic (exact) mass is 235 g/mol. The van der Waals surface area contributed by atoms with E-state index in [4.69, 9.17) is 11.6 Å². The molecule has 16 heavy (non-hydrogen) atoms. The molecule has 0 amide bonds. The molecule has 1 aliphatic carbocycles. The summed E-state index contributed by atoms with van der Waals surface area (Å²) in [6, 6.07) is 7.78. The lowest BCUT2D eigenvalue weighted by Gasteiger charge is -2.42. The highest BCUT2D eigenvalue weighted by atomic mass is 35.5. The maximum Gasteiger partial charge on any atom is 0.145 e. The molecular formula is C13H14ClNO. The highest BCUT2D eigenvalue weighted by Crippen LogP contribution is 2.50. The van der Waals surface area contributed by atoms with E-state index in [1.54, 1.807) is 0 Å². The van der Waals surface area contributed by atoms with Crippen molar-refractivity contribution in [1.82, 2.24) is 4.90 Å². The molecule has 0 spiro atoms. The Hall–Kier alpha value is -0.860. The summed E-state index contributed by atoms with van der Waals surface area (Å²) >= 11 is 6.02. The Morgan fingerprint density at radius 3 is 2.94 bits per heavy atom. The number of hydrogen-bond donors (Lipinski definition) is 0. The minimum absolute atomic E-state index is 0.250. The van der Waals surface area contributed by atoms with Gasteiger partial charge in [-0.05, 0) is 30.7 Å². The van der Waals surface area contributed by atoms with Crippen LogP contribution in [0.3, 0.4) is 0 Å². The number of benzene rings is 1. The van der Waals surface area contributed by atoms with E-state index in [0.29, 0.717) is 11.7 Å². The predicted molar refractivity (Wildman–Crippen MR) is 63.7 cm³/mol. The van der Waals surface area contributed by atoms with Crippen LogP contribution in [0.2, 0.25) is 5.02 Å². The third kappa shape index (κ3) is 1.20. The molecule has 1 heterocycles. The fourth-order valence-electron chi connectivity index (χ4n) is 3.23. The second-order valence-corrected chi connectivity index (χ2v) is 5.44. The number of rotatable bonds is 1. The highest BCUT2D eigenvalue weighted by Gasteiger charge is 2.59. The lowest BCUT2D eigenvalue weighted by atomic mass is 9.57. The number of carbonyl (C=O) groups excluding carboxylic acids is 1. The van der Waals surface area contributed by atoms with E-state index in [-0.39, 0.29) is 5.41 Å². The van der Waals surface area contributed by atoms with Crippen LogP contribution in [0.1, 0.15) is 12.0 Å². The Morgan fingerprint density at radius 2 is 2.31 bits per heavy atom. The molecule has 1 saturated carbocycles. The molecule has 2 fully saturated rings. The van der Waals surface area contributed by atoms with Crippen LogP contribution in [-0.4, -0.2) is 30.8 Å². The standard InChI is InChI=1S/C13H14ClNO/c1-15-7-10-6-12(16)13(10,8-15)9-3-2-4-11(14)5-9/h2-5,10H,6-8H2,1H3. The maximum atomic E-state index is 12.0. The SMILES string of the molecule is CN1CC2CC(=O)C2(c2cccc(Cl)c2)C1. The van der Waals surface area contributed by atoms with E-state index < -0.39 is 0 Å². The second kappa shape index (κ2) is 3.31. The Morgan fingerprint density at radius 1 is 1.50 bits per heavy atom. The quantitative estimate of drug-likeness (QED) is 0.743. The number of Topliss-reactive ketones (excluding diaryl/α,β-unsaturated/α-hetero) is 1. The van der Waals surface area contributed by atoms with Crippen molar-refractivity contribution in [3.05, 3.63) is 34.9 Å². The van der Waals surface area contributed by atoms with Crippen molar-refractivity contribution in [2.24, 2.45) is 5.92 Å². The van der Waals surface area contributed by atoms with Crippen LogP contribution in [0, 0.1) is 5.92 Å². The molecule has 1 saturated heterocycles. The van der Waals surface area contributed by atoms with E-state index in [1.807, 2.05) is 24.3 Å². The summed E-state index contributed by atoms with van der Waals surface area (Å²) in [7, 11) is 2.08. The summed E-state index contributed by atoms with van der Waals surface area (Å²) < 4.78 is 0. The third-order valence-corrected chi connectivity index (χ3v) is 4.25. The second-order valence-electron chi connectivity index (χ2n) is 5.00. The maximum absolute atomic E-state index is 12.0. The smallest absolute Gasteiger partial charge is 0.145 e. The number of fused-ring (bicyclic) bond motifs is 1. The lowest BCUT2D eigenvalue weighted by Crippen LogP contribution is -2.53. The Balaban J connectivity index is 2.07. The van der Waals surface area contributed by atoms with E-state index in [0.717, 1.165) is 30.1 Å². The summed E-state index contributed by atoms with van der Waals surface area (Å²) in [4.78, 5) is 14.3. The molecule has 2 aliphatic rings. The van der Waals surface area contributed by atoms with E-state index in [1.165, 1.54) is 0 Å². The minimum Gasteiger partial charge on any atom is -0.305 e. The Kier molecular flexibility index (Phi) is 2.13. The zero-order valence-electron chi connectivity index (χ0n) is 9.24. The van der Waals surface area contributed by atoms with Gasteiger partial charge in [-0.3, -0.25) is 4.79 Å². The normalized spacial score (nSPS) is 33.6. The number of ketones is 1. The van der Waals surface area contributed by atoms with Gasteiger partial charge in [0.25, 0.3) is 0 Å². The van der Waals surface area contributed by atoms with Crippen molar-refractivity contribution < 1.29 is 4.79 Å². The summed E-state index contributed by atoms with van der Waals surface area (Å²) in [6.07, 6.45) is 0.733. The topological polar surface area (TPSA) is 20.3 Å². The van der Waals surface area contributed by atoms with Crippen LogP contribution in [0.15, 0.2) is 24.3 Å². The van der Waals surface area contributed by atoms with Crippen molar-refractivity contribution >= 4 is 17.4 Å². The highest BCUT2D eigenvalue weighted by molar-refractivity contribution is 6.30. The van der Waals surface area contributed by atoms with E-state index in [9.17, 15) is 4.79 Å². The van der Waals surface area contributed by atoms with Gasteiger partial charge in [-0.25, -0.2) is 0 Å². The average molecular weight is 236 g/mol. The number of likely N-dealkylation sites (N-methyl/N-ethyl adjacent to an activating group) is 1. The van der Waals surface area contributed by atoms with Gasteiger partial charge in [0.1, 0.15) is 5.78 Å². The van der Waals surface area contributed by atoms with Crippen molar-refractivity contribution in [3.63, 3.8) is 0 Å². The first-order valence-electron chi connectivity index (χ1n) is 5.61. The zero-order chi connectivity index (χ0) is 11.3. The molecule has 2 atom stereocenters. The molecular weight excluding hydrogens is 222 g/mol. The number of nitrogens with zero attached hydrogens (tertiary/aromatic N) is 1. The summed E-state index contributed by atoms with van der Waals surface area (Å²) in [5.74, 6) is 0.868. The molecule has 1 aromatic rings. The molecule has 2 nitrogen and oxygen atoms in total. The zero-order valence-corrected chi connectivity index (χ0v) is 10.00. The number of likely N-dealkylation sites (tertiary alicyclic amines) is 1. The van der Waals surface area contributed by atoms with Gasteiger partial charge in [0.05, 0.1) is 5.41 Å². The fraction of sp³-hybridized carbons (Fsp3) is 0.462. The number of carbonyl (C=O) groups is 1. The van der Waals surface area contributed by atoms with Gasteiger partial charge < -0.3 is 4.90 Å². The van der Waals surface area contributed by atoms with E-state index in [2.05, 4.69) is 11.9 Å². The van der Waals surface area contributed by atoms with Crippen molar-refractivity contribution in [2.45, 2.75) is 11.8 Å². The van der Waals surface area contributed by atoms with Crippen LogP contribution >= 0.6 is 11.6 Å². The van der Waals surface area contributed by atoms with Crippen LogP contribution < -0.4 is 0 Å². The number of halogens is 1. The van der Waals surface area contributed by atoms with Crippen LogP contribution in [0.4, 0.5) is 0 Å². The first-order chi connectivity index (χ1) is 7.63. The summed E-state index contributed by atoms with van der Waals surface area (Å²) in [5, 5.41) is 0.722. The van der Waals surface area contributed by atoms with Gasteiger partial charge in [-0.15, -0.1) is 0 Å². The summed E-state index contributed by atoms with van der Waals surface area (Å²) in [5.41, 5.74) is 0.852. The molecule has 84 valence electrons. The van der Waals surface area contributed by atoms with Crippen LogP contribution in [0.5, 0.6) is 0 Å². The Labute approximate surface area is 100 Å². The third-order valence-electron chi connectivity index (χ3n) is 4.02. The lowest BCUT2D eigenvalue weighted by molar-refractivity contribution is -0.134. The first kappa shape index (κ1) is 10.3. The van der Waals surface area contributed by atoms with Crippen LogP contribution in [0.25, 0.3) is 0 Å². The average Bonchev–Trinajstić information content (AvgIpc) is 2.51. The molecule has 0 bridgehead atoms. The van der Waals surface area contributed by atoms with Gasteiger partial charge >= 0.3 is 0 Å². The predicted octanol–water partition coefficient (Wildman–Crippen LogP) is 2.11. The molecule has 1 aromatic carbocycles. The van der Waals surface area contributed by atoms with Crippen molar-refractivity contribution in [2.75, 3.05) is 20.1 Å². The molecule has 3 rings (SSSR count).